The van der Waals surface area contributed by atoms with Gasteiger partial charge >= 0.3 is 0 Å². The Bertz CT molecular complexity index is 514. The lowest BCUT2D eigenvalue weighted by molar-refractivity contribution is 0.0520. The second kappa shape index (κ2) is 5.35. The normalized spacial score (nSPS) is 26.1. The zero-order valence-electron chi connectivity index (χ0n) is 11.6. The summed E-state index contributed by atoms with van der Waals surface area (Å²) < 4.78 is 0. The summed E-state index contributed by atoms with van der Waals surface area (Å²) in [6.45, 7) is 1.65. The van der Waals surface area contributed by atoms with Crippen LogP contribution < -0.4 is 0 Å². The van der Waals surface area contributed by atoms with Gasteiger partial charge in [-0.1, -0.05) is 19.3 Å². The van der Waals surface area contributed by atoms with Crippen molar-refractivity contribution in [1.29, 1.82) is 0 Å². The van der Waals surface area contributed by atoms with Gasteiger partial charge < -0.3 is 15.1 Å². The number of nitrogens with zero attached hydrogens (tertiary/aromatic N) is 1. The van der Waals surface area contributed by atoms with Gasteiger partial charge in [-0.3, -0.25) is 4.79 Å². The minimum absolute atomic E-state index is 0.0377. The highest BCUT2D eigenvalue weighted by Crippen LogP contribution is 2.36. The molecule has 1 aromatic carbocycles. The van der Waals surface area contributed by atoms with Gasteiger partial charge in [-0.2, -0.15) is 0 Å². The maximum absolute atomic E-state index is 12.5. The predicted octanol–water partition coefficient (Wildman–Crippen LogP) is 2.75. The highest BCUT2D eigenvalue weighted by molar-refractivity contribution is 5.95. The van der Waals surface area contributed by atoms with Gasteiger partial charge in [0.15, 0.2) is 11.5 Å². The number of carbonyl (C=O) groups is 1. The van der Waals surface area contributed by atoms with Crippen LogP contribution in [0.3, 0.4) is 0 Å². The van der Waals surface area contributed by atoms with Gasteiger partial charge in [0.05, 0.1) is 0 Å². The highest BCUT2D eigenvalue weighted by Gasteiger charge is 2.33. The summed E-state index contributed by atoms with van der Waals surface area (Å²) in [5.41, 5.74) is 0.453. The molecule has 3 rings (SSSR count). The summed E-state index contributed by atoms with van der Waals surface area (Å²) in [7, 11) is 0. The van der Waals surface area contributed by atoms with E-state index < -0.39 is 0 Å². The molecule has 0 aromatic heterocycles. The Hall–Kier alpha value is -1.71. The monoisotopic (exact) mass is 275 g/mol. The van der Waals surface area contributed by atoms with Crippen LogP contribution in [0.4, 0.5) is 0 Å². The molecule has 2 atom stereocenters. The quantitative estimate of drug-likeness (QED) is 0.775. The molecular formula is C16H21NO3. The van der Waals surface area contributed by atoms with Gasteiger partial charge in [-0.25, -0.2) is 0 Å². The molecule has 1 saturated heterocycles. The number of rotatable bonds is 1. The minimum Gasteiger partial charge on any atom is -0.504 e. The summed E-state index contributed by atoms with van der Waals surface area (Å²) >= 11 is 0. The van der Waals surface area contributed by atoms with Gasteiger partial charge in [0, 0.05) is 18.7 Å². The second-order valence-electron chi connectivity index (χ2n) is 6.05. The van der Waals surface area contributed by atoms with Crippen LogP contribution in [0.15, 0.2) is 18.2 Å². The first-order valence-electron chi connectivity index (χ1n) is 7.46. The molecule has 0 bridgehead atoms. The van der Waals surface area contributed by atoms with Crippen molar-refractivity contribution in [2.75, 3.05) is 13.1 Å². The van der Waals surface area contributed by atoms with Crippen LogP contribution in [0, 0.1) is 11.8 Å². The molecule has 2 N–H and O–H groups in total. The summed E-state index contributed by atoms with van der Waals surface area (Å²) in [6.07, 6.45) is 6.26. The first kappa shape index (κ1) is 13.3. The number of phenolic OH excluding ortho intramolecular Hbond substituents is 2. The molecule has 0 spiro atoms. The maximum Gasteiger partial charge on any atom is 0.254 e. The smallest absolute Gasteiger partial charge is 0.254 e. The van der Waals surface area contributed by atoms with E-state index in [0.29, 0.717) is 11.5 Å². The fourth-order valence-corrected chi connectivity index (χ4v) is 3.62. The van der Waals surface area contributed by atoms with Crippen LogP contribution in [0.25, 0.3) is 0 Å². The molecular weight excluding hydrogens is 254 g/mol. The molecule has 1 saturated carbocycles. The van der Waals surface area contributed by atoms with Crippen LogP contribution >= 0.6 is 0 Å². The molecule has 4 nitrogen and oxygen atoms in total. The summed E-state index contributed by atoms with van der Waals surface area (Å²) in [4.78, 5) is 14.4. The Labute approximate surface area is 119 Å². The fourth-order valence-electron chi connectivity index (χ4n) is 3.62. The first-order valence-corrected chi connectivity index (χ1v) is 7.46. The van der Waals surface area contributed by atoms with Crippen LogP contribution in [0.5, 0.6) is 11.5 Å². The zero-order valence-corrected chi connectivity index (χ0v) is 11.6. The number of hydrogen-bond acceptors (Lipinski definition) is 3. The minimum atomic E-state index is -0.233. The van der Waals surface area contributed by atoms with Gasteiger partial charge in [0.2, 0.25) is 0 Å². The van der Waals surface area contributed by atoms with Crippen LogP contribution in [-0.4, -0.2) is 34.1 Å². The topological polar surface area (TPSA) is 60.8 Å². The van der Waals surface area contributed by atoms with Gasteiger partial charge in [-0.15, -0.1) is 0 Å². The fraction of sp³-hybridized carbons (Fsp3) is 0.562. The summed E-state index contributed by atoms with van der Waals surface area (Å²) in [6, 6.07) is 4.30. The van der Waals surface area contributed by atoms with Gasteiger partial charge in [0.25, 0.3) is 5.91 Å². The zero-order chi connectivity index (χ0) is 14.1. The number of amides is 1. The molecule has 1 aromatic rings. The van der Waals surface area contributed by atoms with Crippen molar-refractivity contribution in [3.8, 4) is 11.5 Å². The van der Waals surface area contributed by atoms with Crippen molar-refractivity contribution in [3.05, 3.63) is 23.8 Å². The molecule has 1 heterocycles. The van der Waals surface area contributed by atoms with Crippen molar-refractivity contribution in [2.45, 2.75) is 32.1 Å². The maximum atomic E-state index is 12.5. The van der Waals surface area contributed by atoms with E-state index in [1.807, 2.05) is 4.90 Å². The number of benzene rings is 1. The van der Waals surface area contributed by atoms with E-state index in [1.54, 1.807) is 6.07 Å². The lowest BCUT2D eigenvalue weighted by Crippen LogP contribution is -2.44. The number of fused-ring (bicyclic) bond motifs is 1. The molecule has 0 radical (unpaired) electrons. The van der Waals surface area contributed by atoms with Crippen molar-refractivity contribution < 1.29 is 15.0 Å². The van der Waals surface area contributed by atoms with Crippen LogP contribution in [-0.2, 0) is 0 Å². The lowest BCUT2D eigenvalue weighted by atomic mass is 9.75. The molecule has 4 heteroatoms. The number of piperidine rings is 1. The standard InChI is InChI=1S/C16H21NO3/c18-14-6-5-12(9-15(14)19)16(20)17-8-7-11-3-1-2-4-13(11)10-17/h5-6,9,11,13,18-19H,1-4,7-8,10H2. The second-order valence-corrected chi connectivity index (χ2v) is 6.05. The van der Waals surface area contributed by atoms with E-state index in [4.69, 9.17) is 0 Å². The largest absolute Gasteiger partial charge is 0.504 e. The number of likely N-dealkylation sites (tertiary alicyclic amines) is 1. The van der Waals surface area contributed by atoms with E-state index in [2.05, 4.69) is 0 Å². The van der Waals surface area contributed by atoms with E-state index >= 15 is 0 Å². The lowest BCUT2D eigenvalue weighted by Gasteiger charge is -2.41. The molecule has 1 amide bonds. The van der Waals surface area contributed by atoms with Gasteiger partial charge in [-0.05, 0) is 42.9 Å². The van der Waals surface area contributed by atoms with Crippen molar-refractivity contribution in [2.24, 2.45) is 11.8 Å². The Morgan fingerprint density at radius 3 is 2.55 bits per heavy atom. The number of aromatic hydroxyl groups is 2. The van der Waals surface area contributed by atoms with Crippen molar-refractivity contribution in [3.63, 3.8) is 0 Å². The van der Waals surface area contributed by atoms with E-state index in [9.17, 15) is 15.0 Å². The first-order chi connectivity index (χ1) is 9.65. The third-order valence-electron chi connectivity index (χ3n) is 4.80. The third kappa shape index (κ3) is 2.47. The van der Waals surface area contributed by atoms with Crippen LogP contribution in [0.2, 0.25) is 0 Å². The predicted molar refractivity (Wildman–Crippen MR) is 75.7 cm³/mol. The van der Waals surface area contributed by atoms with Gasteiger partial charge in [0.1, 0.15) is 0 Å². The number of hydrogen-bond donors (Lipinski definition) is 2. The molecule has 20 heavy (non-hydrogen) atoms. The summed E-state index contributed by atoms with van der Waals surface area (Å²) in [5.74, 6) is 0.980. The van der Waals surface area contributed by atoms with E-state index in [0.717, 1.165) is 25.4 Å². The Kier molecular flexibility index (Phi) is 3.55. The van der Waals surface area contributed by atoms with E-state index in [-0.39, 0.29) is 17.4 Å². The molecule has 1 aliphatic heterocycles. The van der Waals surface area contributed by atoms with Crippen molar-refractivity contribution in [1.82, 2.24) is 4.90 Å². The molecule has 2 unspecified atom stereocenters. The SMILES string of the molecule is O=C(c1ccc(O)c(O)c1)N1CCC2CCCCC2C1. The average Bonchev–Trinajstić information content (AvgIpc) is 2.49. The Balaban J connectivity index is 1.72. The average molecular weight is 275 g/mol. The van der Waals surface area contributed by atoms with Crippen molar-refractivity contribution >= 4 is 5.91 Å². The molecule has 2 aliphatic rings. The summed E-state index contributed by atoms with van der Waals surface area (Å²) in [5, 5.41) is 18.8. The molecule has 2 fully saturated rings. The third-order valence-corrected chi connectivity index (χ3v) is 4.80. The van der Waals surface area contributed by atoms with Crippen LogP contribution in [0.1, 0.15) is 42.5 Å². The molecule has 1 aliphatic carbocycles. The van der Waals surface area contributed by atoms with E-state index in [1.165, 1.54) is 37.8 Å². The number of carbonyl (C=O) groups excluding carboxylic acids is 1. The Morgan fingerprint density at radius 2 is 1.80 bits per heavy atom. The molecule has 108 valence electrons. The Morgan fingerprint density at radius 1 is 1.05 bits per heavy atom. The highest BCUT2D eigenvalue weighted by atomic mass is 16.3. The number of phenols is 2.